The van der Waals surface area contributed by atoms with Gasteiger partial charge in [-0.2, -0.15) is 0 Å². The van der Waals surface area contributed by atoms with Crippen LogP contribution < -0.4 is 10.6 Å². The molecule has 1 aliphatic rings. The molecule has 0 bridgehead atoms. The minimum atomic E-state index is -1.02. The Morgan fingerprint density at radius 2 is 2.10 bits per heavy atom. The zero-order chi connectivity index (χ0) is 14.8. The molecule has 1 fully saturated rings. The molecular weight excluding hydrogens is 324 g/mol. The number of carbonyl (C=O) groups excluding carboxylic acids is 1. The van der Waals surface area contributed by atoms with Gasteiger partial charge in [-0.1, -0.05) is 6.92 Å². The van der Waals surface area contributed by atoms with Crippen LogP contribution in [-0.2, 0) is 0 Å². The molecule has 0 atom stereocenters. The van der Waals surface area contributed by atoms with E-state index in [-0.39, 0.29) is 17.1 Å². The minimum absolute atomic E-state index is 0.0963. The first-order valence-corrected chi connectivity index (χ1v) is 7.37. The van der Waals surface area contributed by atoms with E-state index in [1.165, 1.54) is 12.1 Å². The van der Waals surface area contributed by atoms with E-state index in [1.54, 1.807) is 6.07 Å². The lowest BCUT2D eigenvalue weighted by molar-refractivity contribution is 0.0697. The van der Waals surface area contributed by atoms with E-state index in [2.05, 4.69) is 33.5 Å². The van der Waals surface area contributed by atoms with E-state index in [9.17, 15) is 9.59 Å². The van der Waals surface area contributed by atoms with Gasteiger partial charge in [0.05, 0.1) is 11.3 Å². The third-order valence-corrected chi connectivity index (χ3v) is 4.52. The molecular formula is C14H17BrN2O3. The molecule has 20 heavy (non-hydrogen) atoms. The lowest BCUT2D eigenvalue weighted by Crippen LogP contribution is -2.54. The van der Waals surface area contributed by atoms with Crippen molar-refractivity contribution in [2.75, 3.05) is 5.32 Å². The fraction of sp³-hybridized carbons (Fsp3) is 0.429. The van der Waals surface area contributed by atoms with E-state index in [0.717, 1.165) is 25.7 Å². The summed E-state index contributed by atoms with van der Waals surface area (Å²) in [7, 11) is 0. The molecule has 3 N–H and O–H groups in total. The van der Waals surface area contributed by atoms with E-state index >= 15 is 0 Å². The van der Waals surface area contributed by atoms with Crippen molar-refractivity contribution >= 4 is 33.6 Å². The van der Waals surface area contributed by atoms with Crippen molar-refractivity contribution in [1.82, 2.24) is 5.32 Å². The lowest BCUT2D eigenvalue weighted by atomic mass is 9.75. The Kier molecular flexibility index (Phi) is 4.32. The van der Waals surface area contributed by atoms with Crippen molar-refractivity contribution in [1.29, 1.82) is 0 Å². The maximum Gasteiger partial charge on any atom is 0.335 e. The fourth-order valence-corrected chi connectivity index (χ4v) is 2.66. The van der Waals surface area contributed by atoms with Gasteiger partial charge in [0.1, 0.15) is 0 Å². The summed E-state index contributed by atoms with van der Waals surface area (Å²) in [4.78, 5) is 23.0. The summed E-state index contributed by atoms with van der Waals surface area (Å²) >= 11 is 3.30. The van der Waals surface area contributed by atoms with E-state index in [1.807, 2.05) is 0 Å². The highest BCUT2D eigenvalue weighted by Gasteiger charge is 2.36. The number of hydrogen-bond donors (Lipinski definition) is 3. The highest BCUT2D eigenvalue weighted by molar-refractivity contribution is 9.10. The smallest absolute Gasteiger partial charge is 0.335 e. The number of carbonyl (C=O) groups is 2. The molecule has 0 heterocycles. The van der Waals surface area contributed by atoms with Crippen molar-refractivity contribution in [3.8, 4) is 0 Å². The van der Waals surface area contributed by atoms with Crippen LogP contribution in [0.2, 0.25) is 0 Å². The second-order valence-corrected chi connectivity index (χ2v) is 5.92. The van der Waals surface area contributed by atoms with Gasteiger partial charge in [0.15, 0.2) is 0 Å². The number of carboxylic acids is 1. The number of amides is 2. The van der Waals surface area contributed by atoms with Gasteiger partial charge in [0.25, 0.3) is 0 Å². The van der Waals surface area contributed by atoms with Gasteiger partial charge < -0.3 is 15.7 Å². The molecule has 1 aromatic carbocycles. The molecule has 5 nitrogen and oxygen atoms in total. The molecule has 0 spiro atoms. The second-order valence-electron chi connectivity index (χ2n) is 5.07. The van der Waals surface area contributed by atoms with Gasteiger partial charge >= 0.3 is 12.0 Å². The summed E-state index contributed by atoms with van der Waals surface area (Å²) < 4.78 is 0.650. The standard InChI is InChI=1S/C14H17BrN2O3/c1-2-14(6-3-7-14)17-13(20)16-11-8-9(12(18)19)4-5-10(11)15/h4-5,8H,2-3,6-7H2,1H3,(H,18,19)(H2,16,17,20). The first-order valence-electron chi connectivity index (χ1n) is 6.58. The van der Waals surface area contributed by atoms with Gasteiger partial charge in [-0.25, -0.2) is 9.59 Å². The van der Waals surface area contributed by atoms with Gasteiger partial charge in [-0.15, -0.1) is 0 Å². The molecule has 1 saturated carbocycles. The zero-order valence-electron chi connectivity index (χ0n) is 11.2. The lowest BCUT2D eigenvalue weighted by Gasteiger charge is -2.41. The van der Waals surface area contributed by atoms with Crippen molar-refractivity contribution < 1.29 is 14.7 Å². The summed E-state index contributed by atoms with van der Waals surface area (Å²) in [6, 6.07) is 4.23. The number of halogens is 1. The summed E-state index contributed by atoms with van der Waals surface area (Å²) in [5, 5.41) is 14.7. The minimum Gasteiger partial charge on any atom is -0.478 e. The third kappa shape index (κ3) is 3.12. The topological polar surface area (TPSA) is 78.4 Å². The molecule has 0 saturated heterocycles. The summed E-state index contributed by atoms with van der Waals surface area (Å²) in [6.45, 7) is 2.06. The van der Waals surface area contributed by atoms with Gasteiger partial charge in [-0.3, -0.25) is 0 Å². The number of anilines is 1. The fourth-order valence-electron chi connectivity index (χ4n) is 2.32. The first kappa shape index (κ1) is 14.8. The SMILES string of the molecule is CCC1(NC(=O)Nc2cc(C(=O)O)ccc2Br)CCC1. The first-order chi connectivity index (χ1) is 9.46. The second kappa shape index (κ2) is 5.83. The highest BCUT2D eigenvalue weighted by Crippen LogP contribution is 2.34. The van der Waals surface area contributed by atoms with E-state index < -0.39 is 5.97 Å². The summed E-state index contributed by atoms with van der Waals surface area (Å²) in [5.41, 5.74) is 0.492. The van der Waals surface area contributed by atoms with Crippen molar-refractivity contribution in [2.45, 2.75) is 38.1 Å². The Morgan fingerprint density at radius 3 is 2.60 bits per heavy atom. The number of rotatable bonds is 4. The van der Waals surface area contributed by atoms with Crippen LogP contribution in [0.4, 0.5) is 10.5 Å². The van der Waals surface area contributed by atoms with Crippen molar-refractivity contribution in [3.63, 3.8) is 0 Å². The van der Waals surface area contributed by atoms with Crippen LogP contribution in [0.3, 0.4) is 0 Å². The Hall–Kier alpha value is -1.56. The number of benzene rings is 1. The molecule has 2 rings (SSSR count). The largest absolute Gasteiger partial charge is 0.478 e. The Bertz CT molecular complexity index is 536. The number of nitrogens with one attached hydrogen (secondary N) is 2. The van der Waals surface area contributed by atoms with Crippen LogP contribution in [0.1, 0.15) is 43.0 Å². The quantitative estimate of drug-likeness (QED) is 0.783. The number of urea groups is 1. The Morgan fingerprint density at radius 1 is 1.40 bits per heavy atom. The van der Waals surface area contributed by atoms with Gasteiger partial charge in [0, 0.05) is 10.0 Å². The molecule has 0 radical (unpaired) electrons. The molecule has 0 unspecified atom stereocenters. The number of hydrogen-bond acceptors (Lipinski definition) is 2. The molecule has 1 aliphatic carbocycles. The maximum absolute atomic E-state index is 12.0. The molecule has 6 heteroatoms. The molecule has 0 aliphatic heterocycles. The van der Waals surface area contributed by atoms with Crippen molar-refractivity contribution in [2.24, 2.45) is 0 Å². The van der Waals surface area contributed by atoms with Crippen LogP contribution in [-0.4, -0.2) is 22.6 Å². The summed E-state index contributed by atoms with van der Waals surface area (Å²) in [5.74, 6) is -1.02. The van der Waals surface area contributed by atoms with Gasteiger partial charge in [0.2, 0.25) is 0 Å². The predicted octanol–water partition coefficient (Wildman–Crippen LogP) is 3.60. The number of carboxylic acid groups (broad SMARTS) is 1. The molecule has 0 aromatic heterocycles. The molecule has 108 valence electrons. The predicted molar refractivity (Wildman–Crippen MR) is 80.1 cm³/mol. The van der Waals surface area contributed by atoms with E-state index in [4.69, 9.17) is 5.11 Å². The normalized spacial score (nSPS) is 16.1. The Balaban J connectivity index is 2.07. The third-order valence-electron chi connectivity index (χ3n) is 3.83. The van der Waals surface area contributed by atoms with E-state index in [0.29, 0.717) is 10.2 Å². The summed E-state index contributed by atoms with van der Waals surface area (Å²) in [6.07, 6.45) is 4.02. The van der Waals surface area contributed by atoms with Crippen LogP contribution >= 0.6 is 15.9 Å². The monoisotopic (exact) mass is 340 g/mol. The van der Waals surface area contributed by atoms with Gasteiger partial charge in [-0.05, 0) is 59.8 Å². The van der Waals surface area contributed by atoms with Crippen LogP contribution in [0.15, 0.2) is 22.7 Å². The van der Waals surface area contributed by atoms with Crippen LogP contribution in [0, 0.1) is 0 Å². The zero-order valence-corrected chi connectivity index (χ0v) is 12.8. The number of aromatic carboxylic acids is 1. The molecule has 1 aromatic rings. The maximum atomic E-state index is 12.0. The highest BCUT2D eigenvalue weighted by atomic mass is 79.9. The van der Waals surface area contributed by atoms with Crippen LogP contribution in [0.5, 0.6) is 0 Å². The molecule has 2 amide bonds. The van der Waals surface area contributed by atoms with Crippen LogP contribution in [0.25, 0.3) is 0 Å². The van der Waals surface area contributed by atoms with Crippen molar-refractivity contribution in [3.05, 3.63) is 28.2 Å². The average Bonchev–Trinajstić information content (AvgIpc) is 2.36. The Labute approximate surface area is 125 Å². The average molecular weight is 341 g/mol.